The van der Waals surface area contributed by atoms with Crippen LogP contribution in [0.25, 0.3) is 0 Å². The van der Waals surface area contributed by atoms with Gasteiger partial charge in [0.25, 0.3) is 0 Å². The molecule has 2 aliphatic carbocycles. The molecule has 0 radical (unpaired) electrons. The average Bonchev–Trinajstić information content (AvgIpc) is 3.37. The van der Waals surface area contributed by atoms with Gasteiger partial charge in [-0.25, -0.2) is 0 Å². The van der Waals surface area contributed by atoms with Crippen molar-refractivity contribution in [3.8, 4) is 0 Å². The number of hydrogen-bond acceptors (Lipinski definition) is 4. The van der Waals surface area contributed by atoms with E-state index in [9.17, 15) is 4.79 Å². The molecule has 2 aliphatic rings. The topological polar surface area (TPSA) is 59.8 Å². The molecule has 3 rings (SSSR count). The number of nitrogens with one attached hydrogen (secondary N) is 1. The van der Waals surface area contributed by atoms with Gasteiger partial charge in [0.2, 0.25) is 5.91 Å². The molecule has 122 valence electrons. The first-order valence-corrected chi connectivity index (χ1v) is 9.33. The predicted molar refractivity (Wildman–Crippen MR) is 88.1 cm³/mol. The van der Waals surface area contributed by atoms with Crippen LogP contribution in [-0.4, -0.2) is 32.5 Å². The Morgan fingerprint density at radius 1 is 1.27 bits per heavy atom. The molecule has 1 aromatic heterocycles. The Morgan fingerprint density at radius 2 is 2.00 bits per heavy atom. The SMILES string of the molecule is CC(C)CCNC(=O)C(C)Sc1nnc(C2CC2)n1C1CC1. The molecule has 1 amide bonds. The Morgan fingerprint density at radius 3 is 2.59 bits per heavy atom. The van der Waals surface area contributed by atoms with E-state index in [1.807, 2.05) is 6.92 Å². The van der Waals surface area contributed by atoms with E-state index in [1.165, 1.54) is 25.7 Å². The van der Waals surface area contributed by atoms with Gasteiger partial charge >= 0.3 is 0 Å². The summed E-state index contributed by atoms with van der Waals surface area (Å²) in [5.74, 6) is 2.47. The van der Waals surface area contributed by atoms with E-state index in [0.717, 1.165) is 23.9 Å². The molecule has 5 nitrogen and oxygen atoms in total. The van der Waals surface area contributed by atoms with Gasteiger partial charge in [-0.05, 0) is 44.9 Å². The van der Waals surface area contributed by atoms with E-state index in [2.05, 4.69) is 33.9 Å². The van der Waals surface area contributed by atoms with Crippen molar-refractivity contribution in [2.45, 2.75) is 75.2 Å². The first-order valence-electron chi connectivity index (χ1n) is 8.45. The molecule has 1 atom stereocenters. The molecular weight excluding hydrogens is 296 g/mol. The third-order valence-corrected chi connectivity index (χ3v) is 5.27. The number of aromatic nitrogens is 3. The molecule has 0 spiro atoms. The summed E-state index contributed by atoms with van der Waals surface area (Å²) in [6.07, 6.45) is 5.94. The van der Waals surface area contributed by atoms with Gasteiger partial charge in [0.05, 0.1) is 5.25 Å². The Bertz CT molecular complexity index is 534. The predicted octanol–water partition coefficient (Wildman–Crippen LogP) is 3.13. The first kappa shape index (κ1) is 15.8. The fraction of sp³-hybridized carbons (Fsp3) is 0.812. The van der Waals surface area contributed by atoms with Crippen molar-refractivity contribution in [1.82, 2.24) is 20.1 Å². The van der Waals surface area contributed by atoms with Gasteiger partial charge in [-0.3, -0.25) is 4.79 Å². The van der Waals surface area contributed by atoms with Gasteiger partial charge < -0.3 is 9.88 Å². The van der Waals surface area contributed by atoms with Gasteiger partial charge in [0.15, 0.2) is 5.16 Å². The molecule has 1 N–H and O–H groups in total. The minimum absolute atomic E-state index is 0.101. The summed E-state index contributed by atoms with van der Waals surface area (Å²) in [6.45, 7) is 7.05. The number of thioether (sulfide) groups is 1. The number of rotatable bonds is 8. The highest BCUT2D eigenvalue weighted by atomic mass is 32.2. The van der Waals surface area contributed by atoms with Gasteiger partial charge in [-0.15, -0.1) is 10.2 Å². The van der Waals surface area contributed by atoms with E-state index in [4.69, 9.17) is 0 Å². The summed E-state index contributed by atoms with van der Waals surface area (Å²) in [6, 6.07) is 0.573. The van der Waals surface area contributed by atoms with Gasteiger partial charge in [0, 0.05) is 18.5 Å². The minimum atomic E-state index is -0.124. The van der Waals surface area contributed by atoms with Crippen LogP contribution in [0.2, 0.25) is 0 Å². The summed E-state index contributed by atoms with van der Waals surface area (Å²) in [5.41, 5.74) is 0. The fourth-order valence-electron chi connectivity index (χ4n) is 2.50. The summed E-state index contributed by atoms with van der Waals surface area (Å²) in [7, 11) is 0. The van der Waals surface area contributed by atoms with Crippen LogP contribution in [0.3, 0.4) is 0 Å². The second-order valence-electron chi connectivity index (χ2n) is 6.95. The molecule has 6 heteroatoms. The van der Waals surface area contributed by atoms with Crippen molar-refractivity contribution in [1.29, 1.82) is 0 Å². The van der Waals surface area contributed by atoms with Crippen molar-refractivity contribution in [3.63, 3.8) is 0 Å². The quantitative estimate of drug-likeness (QED) is 0.747. The molecule has 0 saturated heterocycles. The van der Waals surface area contributed by atoms with E-state index in [-0.39, 0.29) is 11.2 Å². The number of nitrogens with zero attached hydrogens (tertiary/aromatic N) is 3. The van der Waals surface area contributed by atoms with Crippen molar-refractivity contribution in [2.75, 3.05) is 6.54 Å². The zero-order valence-electron chi connectivity index (χ0n) is 13.7. The molecule has 2 fully saturated rings. The molecule has 0 aromatic carbocycles. The normalized spacial score (nSPS) is 19.5. The maximum absolute atomic E-state index is 12.2. The van der Waals surface area contributed by atoms with Crippen LogP contribution in [-0.2, 0) is 4.79 Å². The van der Waals surface area contributed by atoms with Crippen LogP contribution in [0.15, 0.2) is 5.16 Å². The lowest BCUT2D eigenvalue weighted by molar-refractivity contribution is -0.120. The standard InChI is InChI=1S/C16H26N4OS/c1-10(2)8-9-17-15(21)11(3)22-16-19-18-14(12-4-5-12)20(16)13-6-7-13/h10-13H,4-9H2,1-3H3,(H,17,21). The molecular formula is C16H26N4OS. The van der Waals surface area contributed by atoms with Crippen LogP contribution in [0.1, 0.15) is 70.7 Å². The molecule has 1 heterocycles. The van der Waals surface area contributed by atoms with E-state index >= 15 is 0 Å². The lowest BCUT2D eigenvalue weighted by atomic mass is 10.1. The Labute approximate surface area is 136 Å². The second-order valence-corrected chi connectivity index (χ2v) is 8.26. The van der Waals surface area contributed by atoms with Crippen molar-refractivity contribution in [3.05, 3.63) is 5.82 Å². The van der Waals surface area contributed by atoms with Gasteiger partial charge in [0.1, 0.15) is 5.82 Å². The van der Waals surface area contributed by atoms with Crippen molar-refractivity contribution in [2.24, 2.45) is 5.92 Å². The van der Waals surface area contributed by atoms with Gasteiger partial charge in [-0.2, -0.15) is 0 Å². The zero-order chi connectivity index (χ0) is 15.7. The van der Waals surface area contributed by atoms with Crippen LogP contribution in [0.4, 0.5) is 0 Å². The number of hydrogen-bond donors (Lipinski definition) is 1. The monoisotopic (exact) mass is 322 g/mol. The highest BCUT2D eigenvalue weighted by Crippen LogP contribution is 2.46. The number of carbonyl (C=O) groups is 1. The Balaban J connectivity index is 1.59. The first-order chi connectivity index (χ1) is 10.6. The summed E-state index contributed by atoms with van der Waals surface area (Å²) >= 11 is 1.55. The molecule has 1 unspecified atom stereocenters. The number of amides is 1. The van der Waals surface area contributed by atoms with Crippen LogP contribution < -0.4 is 5.32 Å². The van der Waals surface area contributed by atoms with E-state index in [1.54, 1.807) is 11.8 Å². The van der Waals surface area contributed by atoms with E-state index in [0.29, 0.717) is 17.9 Å². The zero-order valence-corrected chi connectivity index (χ0v) is 14.5. The Hall–Kier alpha value is -1.04. The third-order valence-electron chi connectivity index (χ3n) is 4.22. The van der Waals surface area contributed by atoms with Crippen LogP contribution in [0, 0.1) is 5.92 Å². The molecule has 0 bridgehead atoms. The van der Waals surface area contributed by atoms with Gasteiger partial charge in [-0.1, -0.05) is 25.6 Å². The molecule has 0 aliphatic heterocycles. The maximum Gasteiger partial charge on any atom is 0.233 e. The summed E-state index contributed by atoms with van der Waals surface area (Å²) < 4.78 is 2.31. The highest BCUT2D eigenvalue weighted by Gasteiger charge is 2.37. The lowest BCUT2D eigenvalue weighted by Crippen LogP contribution is -2.32. The van der Waals surface area contributed by atoms with Crippen LogP contribution in [0.5, 0.6) is 0 Å². The molecule has 22 heavy (non-hydrogen) atoms. The summed E-state index contributed by atoms with van der Waals surface area (Å²) in [4.78, 5) is 12.2. The van der Waals surface area contributed by atoms with E-state index < -0.39 is 0 Å². The number of carbonyl (C=O) groups excluding carboxylic acids is 1. The smallest absolute Gasteiger partial charge is 0.233 e. The average molecular weight is 322 g/mol. The molecule has 2 saturated carbocycles. The van der Waals surface area contributed by atoms with Crippen molar-refractivity contribution >= 4 is 17.7 Å². The fourth-order valence-corrected chi connectivity index (χ4v) is 3.45. The molecule has 1 aromatic rings. The highest BCUT2D eigenvalue weighted by molar-refractivity contribution is 8.00. The minimum Gasteiger partial charge on any atom is -0.355 e. The Kier molecular flexibility index (Phi) is 4.76. The summed E-state index contributed by atoms with van der Waals surface area (Å²) in [5, 5.41) is 12.6. The third kappa shape index (κ3) is 3.83. The maximum atomic E-state index is 12.2. The lowest BCUT2D eigenvalue weighted by Gasteiger charge is -2.13. The van der Waals surface area contributed by atoms with Crippen molar-refractivity contribution < 1.29 is 4.79 Å². The second kappa shape index (κ2) is 6.60. The largest absolute Gasteiger partial charge is 0.355 e. The van der Waals surface area contributed by atoms with Crippen LogP contribution >= 0.6 is 11.8 Å².